The van der Waals surface area contributed by atoms with E-state index in [1.807, 2.05) is 6.07 Å². The molecule has 0 spiro atoms. The molecule has 0 atom stereocenters. The summed E-state index contributed by atoms with van der Waals surface area (Å²) in [5, 5.41) is 3.39. The lowest BCUT2D eigenvalue weighted by Gasteiger charge is -2.07. The molecule has 1 N–H and O–H groups in total. The highest BCUT2D eigenvalue weighted by Gasteiger charge is 2.04. The van der Waals surface area contributed by atoms with E-state index in [4.69, 9.17) is 21.1 Å². The van der Waals surface area contributed by atoms with Crippen molar-refractivity contribution in [1.82, 2.24) is 5.32 Å². The first-order valence-corrected chi connectivity index (χ1v) is 6.33. The number of methoxy groups -OCH3 is 1. The molecule has 1 aromatic rings. The quantitative estimate of drug-likeness (QED) is 0.703. The Hall–Kier alpha value is -0.680. The van der Waals surface area contributed by atoms with Crippen molar-refractivity contribution in [2.24, 2.45) is 0 Å². The van der Waals surface area contributed by atoms with Gasteiger partial charge >= 0.3 is 0 Å². The van der Waals surface area contributed by atoms with Gasteiger partial charge in [-0.05, 0) is 24.6 Å². The second kappa shape index (κ2) is 9.28. The molecule has 0 aliphatic heterocycles. The number of nitrogens with one attached hydrogen (secondary N) is 1. The number of benzene rings is 1. The Kier molecular flexibility index (Phi) is 7.93. The van der Waals surface area contributed by atoms with Gasteiger partial charge in [-0.15, -0.1) is 0 Å². The first-order valence-electron chi connectivity index (χ1n) is 5.96. The maximum atomic E-state index is 13.1. The van der Waals surface area contributed by atoms with Gasteiger partial charge in [0.25, 0.3) is 0 Å². The molecule has 1 rings (SSSR count). The predicted molar refractivity (Wildman–Crippen MR) is 70.4 cm³/mol. The third kappa shape index (κ3) is 5.78. The molecule has 0 radical (unpaired) electrons. The number of hydrogen-bond donors (Lipinski definition) is 1. The lowest BCUT2D eigenvalue weighted by Crippen LogP contribution is -2.17. The summed E-state index contributed by atoms with van der Waals surface area (Å²) in [5.74, 6) is -0.376. The molecule has 1 aromatic carbocycles. The van der Waals surface area contributed by atoms with E-state index in [2.05, 4.69) is 5.32 Å². The number of ether oxygens (including phenoxy) is 2. The monoisotopic (exact) mass is 275 g/mol. The highest BCUT2D eigenvalue weighted by atomic mass is 35.5. The zero-order chi connectivity index (χ0) is 13.2. The van der Waals surface area contributed by atoms with E-state index in [9.17, 15) is 4.39 Å². The average molecular weight is 276 g/mol. The van der Waals surface area contributed by atoms with Gasteiger partial charge in [0.05, 0.1) is 18.2 Å². The summed E-state index contributed by atoms with van der Waals surface area (Å²) in [4.78, 5) is 0. The van der Waals surface area contributed by atoms with E-state index in [1.54, 1.807) is 13.2 Å². The van der Waals surface area contributed by atoms with Crippen molar-refractivity contribution in [3.63, 3.8) is 0 Å². The smallest absolute Gasteiger partial charge is 0.142 e. The zero-order valence-corrected chi connectivity index (χ0v) is 11.3. The fraction of sp³-hybridized carbons (Fsp3) is 0.538. The van der Waals surface area contributed by atoms with E-state index in [0.717, 1.165) is 18.5 Å². The van der Waals surface area contributed by atoms with Crippen molar-refractivity contribution >= 4 is 11.6 Å². The summed E-state index contributed by atoms with van der Waals surface area (Å²) in [6, 6.07) is 4.83. The van der Waals surface area contributed by atoms with Crippen LogP contribution in [-0.2, 0) is 16.0 Å². The van der Waals surface area contributed by atoms with Gasteiger partial charge in [0.15, 0.2) is 0 Å². The van der Waals surface area contributed by atoms with Crippen LogP contribution >= 0.6 is 11.6 Å². The Morgan fingerprint density at radius 1 is 1.28 bits per heavy atom. The minimum atomic E-state index is -0.376. The maximum Gasteiger partial charge on any atom is 0.142 e. The van der Waals surface area contributed by atoms with Crippen LogP contribution in [0.5, 0.6) is 0 Å². The lowest BCUT2D eigenvalue weighted by atomic mass is 10.2. The minimum Gasteiger partial charge on any atom is -0.382 e. The standard InChI is InChI=1S/C13H19ClFNO2/c1-17-8-9-18-7-3-6-16-10-11-4-2-5-12(15)13(11)14/h2,4-5,16H,3,6-10H2,1H3. The van der Waals surface area contributed by atoms with Gasteiger partial charge in [0, 0.05) is 20.3 Å². The number of rotatable bonds is 9. The molecule has 102 valence electrons. The van der Waals surface area contributed by atoms with Crippen molar-refractivity contribution in [1.29, 1.82) is 0 Å². The molecular formula is C13H19ClFNO2. The third-order valence-corrected chi connectivity index (χ3v) is 2.84. The van der Waals surface area contributed by atoms with Crippen molar-refractivity contribution in [2.75, 3.05) is 33.5 Å². The molecule has 5 heteroatoms. The van der Waals surface area contributed by atoms with Gasteiger partial charge in [0.2, 0.25) is 0 Å². The first kappa shape index (κ1) is 15.4. The average Bonchev–Trinajstić information content (AvgIpc) is 2.37. The van der Waals surface area contributed by atoms with E-state index in [-0.39, 0.29) is 10.8 Å². The van der Waals surface area contributed by atoms with Gasteiger partial charge in [-0.3, -0.25) is 0 Å². The molecule has 3 nitrogen and oxygen atoms in total. The summed E-state index contributed by atoms with van der Waals surface area (Å²) in [5.41, 5.74) is 0.775. The fourth-order valence-corrected chi connectivity index (χ4v) is 1.64. The number of halogens is 2. The molecular weight excluding hydrogens is 257 g/mol. The SMILES string of the molecule is COCCOCCCNCc1cccc(F)c1Cl. The van der Waals surface area contributed by atoms with Gasteiger partial charge in [-0.25, -0.2) is 4.39 Å². The zero-order valence-electron chi connectivity index (χ0n) is 10.5. The van der Waals surface area contributed by atoms with Crippen LogP contribution in [0.3, 0.4) is 0 Å². The van der Waals surface area contributed by atoms with Crippen LogP contribution in [0.4, 0.5) is 4.39 Å². The largest absolute Gasteiger partial charge is 0.382 e. The van der Waals surface area contributed by atoms with Crippen molar-refractivity contribution < 1.29 is 13.9 Å². The summed E-state index contributed by atoms with van der Waals surface area (Å²) < 4.78 is 23.3. The molecule has 0 saturated heterocycles. The Balaban J connectivity index is 2.09. The van der Waals surface area contributed by atoms with Crippen LogP contribution in [0.15, 0.2) is 18.2 Å². The molecule has 18 heavy (non-hydrogen) atoms. The lowest BCUT2D eigenvalue weighted by molar-refractivity contribution is 0.0695. The van der Waals surface area contributed by atoms with Crippen LogP contribution in [0, 0.1) is 5.82 Å². The van der Waals surface area contributed by atoms with Gasteiger partial charge in [-0.2, -0.15) is 0 Å². The van der Waals surface area contributed by atoms with Gasteiger partial charge in [-0.1, -0.05) is 23.7 Å². The van der Waals surface area contributed by atoms with E-state index < -0.39 is 0 Å². The van der Waals surface area contributed by atoms with E-state index in [0.29, 0.717) is 26.4 Å². The molecule has 0 fully saturated rings. The predicted octanol–water partition coefficient (Wildman–Crippen LogP) is 2.62. The molecule has 0 aliphatic carbocycles. The van der Waals surface area contributed by atoms with Crippen LogP contribution in [-0.4, -0.2) is 33.5 Å². The summed E-state index contributed by atoms with van der Waals surface area (Å²) in [6.07, 6.45) is 0.899. The van der Waals surface area contributed by atoms with Gasteiger partial charge in [0.1, 0.15) is 5.82 Å². The molecule has 0 aromatic heterocycles. The Morgan fingerprint density at radius 3 is 2.89 bits per heavy atom. The topological polar surface area (TPSA) is 30.5 Å². The van der Waals surface area contributed by atoms with Crippen molar-refractivity contribution in [2.45, 2.75) is 13.0 Å². The van der Waals surface area contributed by atoms with Crippen LogP contribution < -0.4 is 5.32 Å². The fourth-order valence-electron chi connectivity index (χ4n) is 1.45. The van der Waals surface area contributed by atoms with Crippen molar-refractivity contribution in [3.05, 3.63) is 34.6 Å². The van der Waals surface area contributed by atoms with Crippen LogP contribution in [0.2, 0.25) is 5.02 Å². The minimum absolute atomic E-state index is 0.196. The molecule has 0 unspecified atom stereocenters. The van der Waals surface area contributed by atoms with Crippen LogP contribution in [0.25, 0.3) is 0 Å². The second-order valence-electron chi connectivity index (χ2n) is 3.85. The Labute approximate surface area is 112 Å². The highest BCUT2D eigenvalue weighted by Crippen LogP contribution is 2.19. The molecule has 0 aliphatic rings. The third-order valence-electron chi connectivity index (χ3n) is 2.42. The summed E-state index contributed by atoms with van der Waals surface area (Å²) in [6.45, 7) is 3.29. The van der Waals surface area contributed by atoms with E-state index >= 15 is 0 Å². The van der Waals surface area contributed by atoms with Gasteiger partial charge < -0.3 is 14.8 Å². The molecule has 0 saturated carbocycles. The Bertz CT molecular complexity index is 350. The van der Waals surface area contributed by atoms with Crippen LogP contribution in [0.1, 0.15) is 12.0 Å². The molecule has 0 bridgehead atoms. The first-order chi connectivity index (χ1) is 8.75. The molecule has 0 amide bonds. The highest BCUT2D eigenvalue weighted by molar-refractivity contribution is 6.31. The second-order valence-corrected chi connectivity index (χ2v) is 4.23. The number of hydrogen-bond acceptors (Lipinski definition) is 3. The maximum absolute atomic E-state index is 13.1. The van der Waals surface area contributed by atoms with Crippen molar-refractivity contribution in [3.8, 4) is 0 Å². The summed E-state index contributed by atoms with van der Waals surface area (Å²) >= 11 is 5.84. The summed E-state index contributed by atoms with van der Waals surface area (Å²) in [7, 11) is 1.65. The Morgan fingerprint density at radius 2 is 2.11 bits per heavy atom. The molecule has 0 heterocycles. The normalized spacial score (nSPS) is 10.8. The van der Waals surface area contributed by atoms with E-state index in [1.165, 1.54) is 6.07 Å².